The van der Waals surface area contributed by atoms with Crippen LogP contribution in [0.2, 0.25) is 0 Å². The highest BCUT2D eigenvalue weighted by Gasteiger charge is 2.14. The SMILES string of the molecule is Oc1c(F)cccc1C(O)CF. The molecule has 1 aromatic rings. The lowest BCUT2D eigenvalue weighted by Gasteiger charge is -2.08. The van der Waals surface area contributed by atoms with Crippen LogP contribution in [0.1, 0.15) is 11.7 Å². The van der Waals surface area contributed by atoms with Crippen LogP contribution in [0.4, 0.5) is 8.78 Å². The van der Waals surface area contributed by atoms with Gasteiger partial charge in [0.15, 0.2) is 11.6 Å². The van der Waals surface area contributed by atoms with Gasteiger partial charge in [0.25, 0.3) is 0 Å². The number of aliphatic hydroxyl groups is 1. The van der Waals surface area contributed by atoms with Gasteiger partial charge in [0.2, 0.25) is 0 Å². The lowest BCUT2D eigenvalue weighted by atomic mass is 10.1. The zero-order valence-electron chi connectivity index (χ0n) is 6.17. The highest BCUT2D eigenvalue weighted by Crippen LogP contribution is 2.26. The van der Waals surface area contributed by atoms with Crippen molar-refractivity contribution in [3.05, 3.63) is 29.6 Å². The van der Waals surface area contributed by atoms with Gasteiger partial charge in [-0.3, -0.25) is 0 Å². The number of hydrogen-bond donors (Lipinski definition) is 2. The normalized spacial score (nSPS) is 12.9. The van der Waals surface area contributed by atoms with Gasteiger partial charge in [-0.1, -0.05) is 12.1 Å². The topological polar surface area (TPSA) is 40.5 Å². The molecule has 0 spiro atoms. The molecule has 0 saturated heterocycles. The molecule has 12 heavy (non-hydrogen) atoms. The zero-order chi connectivity index (χ0) is 9.14. The number of para-hydroxylation sites is 1. The van der Waals surface area contributed by atoms with Crippen LogP contribution in [-0.2, 0) is 0 Å². The fourth-order valence-corrected chi connectivity index (χ4v) is 0.884. The Balaban J connectivity index is 3.07. The molecule has 0 amide bonds. The summed E-state index contributed by atoms with van der Waals surface area (Å²) in [5, 5.41) is 17.9. The summed E-state index contributed by atoms with van der Waals surface area (Å²) in [6.45, 7) is -1.04. The Bertz CT molecular complexity index is 276. The Kier molecular flexibility index (Phi) is 2.60. The van der Waals surface area contributed by atoms with E-state index in [0.717, 1.165) is 6.07 Å². The van der Waals surface area contributed by atoms with E-state index in [1.807, 2.05) is 0 Å². The molecule has 66 valence electrons. The summed E-state index contributed by atoms with van der Waals surface area (Å²) in [6.07, 6.45) is -1.46. The Morgan fingerprint density at radius 3 is 2.67 bits per heavy atom. The molecule has 0 saturated carbocycles. The van der Waals surface area contributed by atoms with Crippen molar-refractivity contribution in [2.45, 2.75) is 6.10 Å². The first-order valence-corrected chi connectivity index (χ1v) is 3.38. The average molecular weight is 174 g/mol. The molecule has 4 heteroatoms. The van der Waals surface area contributed by atoms with E-state index in [-0.39, 0.29) is 5.56 Å². The predicted molar refractivity (Wildman–Crippen MR) is 39.0 cm³/mol. The molecular formula is C8H8F2O2. The van der Waals surface area contributed by atoms with E-state index in [4.69, 9.17) is 10.2 Å². The Labute approximate surface area is 68.1 Å². The summed E-state index contributed by atoms with van der Waals surface area (Å²) in [4.78, 5) is 0. The summed E-state index contributed by atoms with van der Waals surface area (Å²) in [7, 11) is 0. The van der Waals surface area contributed by atoms with Crippen LogP contribution in [0.15, 0.2) is 18.2 Å². The lowest BCUT2D eigenvalue weighted by Crippen LogP contribution is -2.00. The van der Waals surface area contributed by atoms with Crippen LogP contribution in [0, 0.1) is 5.82 Å². The fourth-order valence-electron chi connectivity index (χ4n) is 0.884. The Morgan fingerprint density at radius 1 is 1.42 bits per heavy atom. The number of phenols is 1. The molecule has 2 nitrogen and oxygen atoms in total. The number of alkyl halides is 1. The van der Waals surface area contributed by atoms with Crippen LogP contribution in [0.25, 0.3) is 0 Å². The third kappa shape index (κ3) is 1.53. The largest absolute Gasteiger partial charge is 0.505 e. The van der Waals surface area contributed by atoms with Crippen molar-refractivity contribution in [3.63, 3.8) is 0 Å². The van der Waals surface area contributed by atoms with Crippen LogP contribution in [0.5, 0.6) is 5.75 Å². The summed E-state index contributed by atoms with van der Waals surface area (Å²) < 4.78 is 24.5. The number of aliphatic hydroxyl groups excluding tert-OH is 1. The second-order valence-corrected chi connectivity index (χ2v) is 2.35. The van der Waals surface area contributed by atoms with Gasteiger partial charge < -0.3 is 10.2 Å². The van der Waals surface area contributed by atoms with Crippen molar-refractivity contribution < 1.29 is 19.0 Å². The number of hydrogen-bond acceptors (Lipinski definition) is 2. The van der Waals surface area contributed by atoms with Gasteiger partial charge in [0.1, 0.15) is 12.8 Å². The van der Waals surface area contributed by atoms with E-state index in [1.54, 1.807) is 0 Å². The number of aromatic hydroxyl groups is 1. The van der Waals surface area contributed by atoms with Crippen LogP contribution in [0.3, 0.4) is 0 Å². The summed E-state index contributed by atoms with van der Waals surface area (Å²) >= 11 is 0. The van der Waals surface area contributed by atoms with Crippen molar-refractivity contribution in [3.8, 4) is 5.75 Å². The van der Waals surface area contributed by atoms with E-state index in [1.165, 1.54) is 12.1 Å². The molecule has 0 aliphatic rings. The van der Waals surface area contributed by atoms with E-state index in [0.29, 0.717) is 0 Å². The maximum atomic E-state index is 12.6. The maximum absolute atomic E-state index is 12.6. The van der Waals surface area contributed by atoms with Crippen LogP contribution >= 0.6 is 0 Å². The van der Waals surface area contributed by atoms with Crippen molar-refractivity contribution >= 4 is 0 Å². The predicted octanol–water partition coefficient (Wildman–Crippen LogP) is 1.53. The summed E-state index contributed by atoms with van der Waals surface area (Å²) in [6, 6.07) is 3.59. The van der Waals surface area contributed by atoms with Crippen molar-refractivity contribution in [1.82, 2.24) is 0 Å². The highest BCUT2D eigenvalue weighted by atomic mass is 19.1. The smallest absolute Gasteiger partial charge is 0.165 e. The van der Waals surface area contributed by atoms with Crippen molar-refractivity contribution in [2.75, 3.05) is 6.67 Å². The molecule has 2 N–H and O–H groups in total. The van der Waals surface area contributed by atoms with Crippen LogP contribution < -0.4 is 0 Å². The molecular weight excluding hydrogens is 166 g/mol. The molecule has 0 aromatic heterocycles. The van der Waals surface area contributed by atoms with Gasteiger partial charge in [-0.25, -0.2) is 8.78 Å². The van der Waals surface area contributed by atoms with Gasteiger partial charge >= 0.3 is 0 Å². The monoisotopic (exact) mass is 174 g/mol. The Morgan fingerprint density at radius 2 is 2.08 bits per heavy atom. The van der Waals surface area contributed by atoms with Gasteiger partial charge in [0.05, 0.1) is 0 Å². The lowest BCUT2D eigenvalue weighted by molar-refractivity contribution is 0.138. The van der Waals surface area contributed by atoms with E-state index in [9.17, 15) is 8.78 Å². The van der Waals surface area contributed by atoms with Crippen molar-refractivity contribution in [1.29, 1.82) is 0 Å². The second kappa shape index (κ2) is 3.49. The quantitative estimate of drug-likeness (QED) is 0.713. The number of halogens is 2. The molecule has 1 unspecified atom stereocenters. The molecule has 0 heterocycles. The molecule has 0 radical (unpaired) electrons. The maximum Gasteiger partial charge on any atom is 0.165 e. The van der Waals surface area contributed by atoms with E-state index >= 15 is 0 Å². The van der Waals surface area contributed by atoms with Gasteiger partial charge in [-0.2, -0.15) is 0 Å². The minimum Gasteiger partial charge on any atom is -0.505 e. The zero-order valence-corrected chi connectivity index (χ0v) is 6.17. The minimum atomic E-state index is -1.46. The third-order valence-electron chi connectivity index (χ3n) is 1.52. The first-order valence-electron chi connectivity index (χ1n) is 3.38. The minimum absolute atomic E-state index is 0.127. The van der Waals surface area contributed by atoms with E-state index in [2.05, 4.69) is 0 Å². The van der Waals surface area contributed by atoms with E-state index < -0.39 is 24.3 Å². The summed E-state index contributed by atoms with van der Waals surface area (Å²) in [5.74, 6) is -1.55. The van der Waals surface area contributed by atoms with Gasteiger partial charge in [0, 0.05) is 5.56 Å². The average Bonchev–Trinajstić information content (AvgIpc) is 2.08. The number of benzene rings is 1. The van der Waals surface area contributed by atoms with Crippen molar-refractivity contribution in [2.24, 2.45) is 0 Å². The molecule has 0 fully saturated rings. The fraction of sp³-hybridized carbons (Fsp3) is 0.250. The molecule has 0 aliphatic heterocycles. The third-order valence-corrected chi connectivity index (χ3v) is 1.52. The summed E-state index contributed by atoms with van der Waals surface area (Å²) in [5.41, 5.74) is -0.127. The van der Waals surface area contributed by atoms with Gasteiger partial charge in [-0.05, 0) is 6.07 Å². The molecule has 0 bridgehead atoms. The molecule has 0 aliphatic carbocycles. The first kappa shape index (κ1) is 8.93. The highest BCUT2D eigenvalue weighted by molar-refractivity contribution is 5.35. The number of rotatable bonds is 2. The number of phenolic OH excluding ortho intramolecular Hbond substituents is 1. The second-order valence-electron chi connectivity index (χ2n) is 2.35. The molecule has 1 atom stereocenters. The molecule has 1 rings (SSSR count). The van der Waals surface area contributed by atoms with Gasteiger partial charge in [-0.15, -0.1) is 0 Å². The first-order chi connectivity index (χ1) is 5.66. The molecule has 1 aromatic carbocycles. The van der Waals surface area contributed by atoms with Crippen LogP contribution in [-0.4, -0.2) is 16.9 Å². The standard InChI is InChI=1S/C8H8F2O2/c9-4-7(11)5-2-1-3-6(10)8(5)12/h1-3,7,11-12H,4H2. The Hall–Kier alpha value is -1.16.